The number of carbonyl (C=O) groups excluding carboxylic acids is 2. The first kappa shape index (κ1) is 15.2. The summed E-state index contributed by atoms with van der Waals surface area (Å²) in [6.45, 7) is 4.10. The maximum atomic E-state index is 12.9. The number of fused-ring (bicyclic) bond motifs is 1. The molecule has 1 aromatic rings. The SMILES string of the molecule is CCN(CC1CCCCO1)C(=O)c1cccc2c1CCC2=O. The topological polar surface area (TPSA) is 46.6 Å². The fourth-order valence-electron chi connectivity index (χ4n) is 3.41. The number of likely N-dealkylation sites (N-methyl/N-ethyl adjacent to an activating group) is 1. The Morgan fingerprint density at radius 3 is 2.91 bits per heavy atom. The number of ketones is 1. The summed E-state index contributed by atoms with van der Waals surface area (Å²) in [4.78, 5) is 26.6. The van der Waals surface area contributed by atoms with Crippen LogP contribution in [-0.4, -0.2) is 42.4 Å². The molecule has 1 saturated heterocycles. The summed E-state index contributed by atoms with van der Waals surface area (Å²) < 4.78 is 5.76. The van der Waals surface area contributed by atoms with Crippen molar-refractivity contribution in [2.75, 3.05) is 19.7 Å². The van der Waals surface area contributed by atoms with Gasteiger partial charge in [-0.1, -0.05) is 12.1 Å². The van der Waals surface area contributed by atoms with Crippen molar-refractivity contribution in [3.63, 3.8) is 0 Å². The molecular weight excluding hydrogens is 278 g/mol. The van der Waals surface area contributed by atoms with Crippen LogP contribution < -0.4 is 0 Å². The van der Waals surface area contributed by atoms with Gasteiger partial charge >= 0.3 is 0 Å². The fourth-order valence-corrected chi connectivity index (χ4v) is 3.41. The maximum Gasteiger partial charge on any atom is 0.254 e. The fraction of sp³-hybridized carbons (Fsp3) is 0.556. The lowest BCUT2D eigenvalue weighted by Gasteiger charge is -2.29. The molecule has 4 heteroatoms. The Labute approximate surface area is 131 Å². The van der Waals surface area contributed by atoms with E-state index in [9.17, 15) is 9.59 Å². The summed E-state index contributed by atoms with van der Waals surface area (Å²) in [5.74, 6) is 0.187. The van der Waals surface area contributed by atoms with Gasteiger partial charge in [-0.05, 0) is 44.2 Å². The summed E-state index contributed by atoms with van der Waals surface area (Å²) in [6.07, 6.45) is 4.67. The number of rotatable bonds is 4. The molecule has 0 radical (unpaired) electrons. The molecule has 1 heterocycles. The van der Waals surface area contributed by atoms with E-state index >= 15 is 0 Å². The first-order valence-electron chi connectivity index (χ1n) is 8.26. The van der Waals surface area contributed by atoms with Crippen molar-refractivity contribution in [1.29, 1.82) is 0 Å². The van der Waals surface area contributed by atoms with Crippen LogP contribution in [0.2, 0.25) is 0 Å². The number of carbonyl (C=O) groups is 2. The van der Waals surface area contributed by atoms with E-state index in [0.29, 0.717) is 31.5 Å². The average molecular weight is 301 g/mol. The van der Waals surface area contributed by atoms with Gasteiger partial charge in [0.05, 0.1) is 6.10 Å². The van der Waals surface area contributed by atoms with Crippen molar-refractivity contribution >= 4 is 11.7 Å². The molecule has 4 nitrogen and oxygen atoms in total. The number of amides is 1. The molecule has 1 amide bonds. The van der Waals surface area contributed by atoms with Crippen molar-refractivity contribution in [1.82, 2.24) is 4.90 Å². The third kappa shape index (κ3) is 2.93. The first-order chi connectivity index (χ1) is 10.7. The molecule has 0 saturated carbocycles. The highest BCUT2D eigenvalue weighted by Gasteiger charge is 2.27. The average Bonchev–Trinajstić information content (AvgIpc) is 2.94. The minimum atomic E-state index is 0.0308. The molecule has 0 spiro atoms. The van der Waals surface area contributed by atoms with Gasteiger partial charge in [0, 0.05) is 37.2 Å². The summed E-state index contributed by atoms with van der Waals surface area (Å²) in [5.41, 5.74) is 2.36. The van der Waals surface area contributed by atoms with Gasteiger partial charge in [-0.25, -0.2) is 0 Å². The zero-order valence-corrected chi connectivity index (χ0v) is 13.1. The molecule has 1 aliphatic carbocycles. The van der Waals surface area contributed by atoms with E-state index in [0.717, 1.165) is 30.6 Å². The van der Waals surface area contributed by atoms with Crippen molar-refractivity contribution in [2.24, 2.45) is 0 Å². The van der Waals surface area contributed by atoms with Gasteiger partial charge in [-0.15, -0.1) is 0 Å². The van der Waals surface area contributed by atoms with Crippen LogP contribution >= 0.6 is 0 Å². The van der Waals surface area contributed by atoms with Crippen LogP contribution in [0, 0.1) is 0 Å². The molecule has 1 aliphatic heterocycles. The highest BCUT2D eigenvalue weighted by atomic mass is 16.5. The van der Waals surface area contributed by atoms with E-state index < -0.39 is 0 Å². The smallest absolute Gasteiger partial charge is 0.254 e. The van der Waals surface area contributed by atoms with Crippen LogP contribution in [0.3, 0.4) is 0 Å². The number of nitrogens with zero attached hydrogens (tertiary/aromatic N) is 1. The molecule has 0 bridgehead atoms. The van der Waals surface area contributed by atoms with E-state index in [2.05, 4.69) is 0 Å². The normalized spacial score (nSPS) is 20.8. The lowest BCUT2D eigenvalue weighted by Crippen LogP contribution is -2.40. The molecule has 1 aromatic carbocycles. The summed E-state index contributed by atoms with van der Waals surface area (Å²) in [6, 6.07) is 5.51. The van der Waals surface area contributed by atoms with E-state index in [1.54, 1.807) is 0 Å². The molecule has 22 heavy (non-hydrogen) atoms. The largest absolute Gasteiger partial charge is 0.376 e. The van der Waals surface area contributed by atoms with Crippen LogP contribution in [0.1, 0.15) is 58.9 Å². The van der Waals surface area contributed by atoms with Gasteiger partial charge < -0.3 is 9.64 Å². The lowest BCUT2D eigenvalue weighted by atomic mass is 10.0. The second kappa shape index (κ2) is 6.61. The number of ether oxygens (including phenoxy) is 1. The molecule has 1 unspecified atom stereocenters. The quantitative estimate of drug-likeness (QED) is 0.859. The van der Waals surface area contributed by atoms with Crippen LogP contribution in [0.4, 0.5) is 0 Å². The van der Waals surface area contributed by atoms with Crippen molar-refractivity contribution < 1.29 is 14.3 Å². The van der Waals surface area contributed by atoms with Crippen molar-refractivity contribution in [2.45, 2.75) is 45.1 Å². The van der Waals surface area contributed by atoms with Gasteiger partial charge in [0.1, 0.15) is 0 Å². The van der Waals surface area contributed by atoms with E-state index in [-0.39, 0.29) is 17.8 Å². The van der Waals surface area contributed by atoms with Crippen molar-refractivity contribution in [3.8, 4) is 0 Å². The minimum absolute atomic E-state index is 0.0308. The Balaban J connectivity index is 1.78. The summed E-state index contributed by atoms with van der Waals surface area (Å²) in [5, 5.41) is 0. The maximum absolute atomic E-state index is 12.9. The van der Waals surface area contributed by atoms with E-state index in [4.69, 9.17) is 4.74 Å². The standard InChI is InChI=1S/C18H23NO3/c1-2-19(12-13-6-3-4-11-22-13)18(21)16-8-5-7-15-14(16)9-10-17(15)20/h5,7-8,13H,2-4,6,9-12H2,1H3. The first-order valence-corrected chi connectivity index (χ1v) is 8.26. The van der Waals surface area contributed by atoms with E-state index in [1.807, 2.05) is 30.0 Å². The second-order valence-corrected chi connectivity index (χ2v) is 6.09. The Morgan fingerprint density at radius 2 is 2.18 bits per heavy atom. The van der Waals surface area contributed by atoms with Gasteiger partial charge in [0.25, 0.3) is 5.91 Å². The molecule has 3 rings (SSSR count). The predicted molar refractivity (Wildman–Crippen MR) is 84.3 cm³/mol. The molecule has 1 fully saturated rings. The predicted octanol–water partition coefficient (Wildman–Crippen LogP) is 2.85. The van der Waals surface area contributed by atoms with Gasteiger partial charge in [-0.2, -0.15) is 0 Å². The number of benzene rings is 1. The monoisotopic (exact) mass is 301 g/mol. The highest BCUT2D eigenvalue weighted by Crippen LogP contribution is 2.26. The molecule has 118 valence electrons. The van der Waals surface area contributed by atoms with E-state index in [1.165, 1.54) is 6.42 Å². The number of hydrogen-bond acceptors (Lipinski definition) is 3. The Morgan fingerprint density at radius 1 is 1.32 bits per heavy atom. The summed E-state index contributed by atoms with van der Waals surface area (Å²) in [7, 11) is 0. The number of Topliss-reactive ketones (excluding diaryl/α,β-unsaturated/α-hetero) is 1. The third-order valence-corrected chi connectivity index (χ3v) is 4.68. The Kier molecular flexibility index (Phi) is 4.57. The Hall–Kier alpha value is -1.68. The highest BCUT2D eigenvalue weighted by molar-refractivity contribution is 6.05. The molecule has 0 aromatic heterocycles. The number of hydrogen-bond donors (Lipinski definition) is 0. The van der Waals surface area contributed by atoms with Crippen LogP contribution in [0.25, 0.3) is 0 Å². The Bertz CT molecular complexity index is 576. The zero-order chi connectivity index (χ0) is 15.5. The third-order valence-electron chi connectivity index (χ3n) is 4.68. The molecular formula is C18H23NO3. The van der Waals surface area contributed by atoms with Gasteiger partial charge in [-0.3, -0.25) is 9.59 Å². The summed E-state index contributed by atoms with van der Waals surface area (Å²) >= 11 is 0. The zero-order valence-electron chi connectivity index (χ0n) is 13.1. The van der Waals surface area contributed by atoms with Crippen LogP contribution in [-0.2, 0) is 11.2 Å². The van der Waals surface area contributed by atoms with Crippen LogP contribution in [0.15, 0.2) is 18.2 Å². The molecule has 2 aliphatic rings. The molecule has 0 N–H and O–H groups in total. The molecule has 1 atom stereocenters. The second-order valence-electron chi connectivity index (χ2n) is 6.09. The van der Waals surface area contributed by atoms with Gasteiger partial charge in [0.15, 0.2) is 5.78 Å². The van der Waals surface area contributed by atoms with Crippen molar-refractivity contribution in [3.05, 3.63) is 34.9 Å². The lowest BCUT2D eigenvalue weighted by molar-refractivity contribution is -0.00313. The minimum Gasteiger partial charge on any atom is -0.376 e. The van der Waals surface area contributed by atoms with Gasteiger partial charge in [0.2, 0.25) is 0 Å². The van der Waals surface area contributed by atoms with Crippen LogP contribution in [0.5, 0.6) is 0 Å².